The molecule has 1 heterocycles. The van der Waals surface area contributed by atoms with Crippen LogP contribution in [0.25, 0.3) is 0 Å². The SMILES string of the molecule is COC(=O)C1CC(NCC(F)(F)F)CN(CC(=O)O)C1. The van der Waals surface area contributed by atoms with Gasteiger partial charge in [0.05, 0.1) is 26.1 Å². The number of nitrogens with zero attached hydrogens (tertiary/aromatic N) is 1. The Balaban J connectivity index is 2.64. The third kappa shape index (κ3) is 5.74. The summed E-state index contributed by atoms with van der Waals surface area (Å²) in [5, 5.41) is 11.0. The first-order chi connectivity index (χ1) is 9.21. The first kappa shape index (κ1) is 16.7. The number of esters is 1. The molecule has 1 aliphatic heterocycles. The van der Waals surface area contributed by atoms with Crippen molar-refractivity contribution >= 4 is 11.9 Å². The van der Waals surface area contributed by atoms with Crippen molar-refractivity contribution in [2.24, 2.45) is 5.92 Å². The van der Waals surface area contributed by atoms with E-state index in [0.717, 1.165) is 0 Å². The predicted molar refractivity (Wildman–Crippen MR) is 62.0 cm³/mol. The van der Waals surface area contributed by atoms with Crippen LogP contribution in [0.15, 0.2) is 0 Å². The number of carboxylic acid groups (broad SMARTS) is 1. The van der Waals surface area contributed by atoms with Gasteiger partial charge in [0, 0.05) is 19.1 Å². The molecule has 0 aromatic carbocycles. The number of hydrogen-bond donors (Lipinski definition) is 2. The maximum absolute atomic E-state index is 12.2. The van der Waals surface area contributed by atoms with E-state index >= 15 is 0 Å². The lowest BCUT2D eigenvalue weighted by molar-refractivity contribution is -0.150. The molecule has 0 aliphatic carbocycles. The van der Waals surface area contributed by atoms with Crippen molar-refractivity contribution in [3.63, 3.8) is 0 Å². The molecule has 6 nitrogen and oxygen atoms in total. The number of carboxylic acids is 1. The number of aliphatic carboxylic acids is 1. The second-order valence-corrected chi connectivity index (χ2v) is 4.74. The summed E-state index contributed by atoms with van der Waals surface area (Å²) in [5.41, 5.74) is 0. The van der Waals surface area contributed by atoms with Crippen molar-refractivity contribution in [2.75, 3.05) is 33.3 Å². The number of ether oxygens (including phenoxy) is 1. The maximum atomic E-state index is 12.2. The van der Waals surface area contributed by atoms with Crippen molar-refractivity contribution in [1.82, 2.24) is 10.2 Å². The standard InChI is InChI=1S/C11H17F3N2O4/c1-20-10(19)7-2-8(15-6-11(12,13)14)4-16(3-7)5-9(17)18/h7-8,15H,2-6H2,1H3,(H,17,18). The molecule has 0 saturated carbocycles. The van der Waals surface area contributed by atoms with Crippen LogP contribution in [-0.2, 0) is 14.3 Å². The van der Waals surface area contributed by atoms with Gasteiger partial charge >= 0.3 is 18.1 Å². The fourth-order valence-electron chi connectivity index (χ4n) is 2.26. The largest absolute Gasteiger partial charge is 0.480 e. The van der Waals surface area contributed by atoms with Crippen LogP contribution < -0.4 is 5.32 Å². The van der Waals surface area contributed by atoms with E-state index in [1.165, 1.54) is 12.0 Å². The normalized spacial score (nSPS) is 24.4. The second kappa shape index (κ2) is 6.89. The van der Waals surface area contributed by atoms with E-state index in [9.17, 15) is 22.8 Å². The zero-order valence-electron chi connectivity index (χ0n) is 10.9. The maximum Gasteiger partial charge on any atom is 0.401 e. The third-order valence-electron chi connectivity index (χ3n) is 3.01. The lowest BCUT2D eigenvalue weighted by Crippen LogP contribution is -2.53. The minimum atomic E-state index is -4.35. The average molecular weight is 298 g/mol. The van der Waals surface area contributed by atoms with Gasteiger partial charge in [-0.2, -0.15) is 13.2 Å². The molecule has 2 atom stereocenters. The molecule has 1 rings (SSSR count). The molecular weight excluding hydrogens is 281 g/mol. The Labute approximate surface area is 113 Å². The molecule has 2 N–H and O–H groups in total. The van der Waals surface area contributed by atoms with Gasteiger partial charge in [-0.1, -0.05) is 0 Å². The van der Waals surface area contributed by atoms with Crippen LogP contribution in [0.4, 0.5) is 13.2 Å². The van der Waals surface area contributed by atoms with E-state index in [1.807, 2.05) is 0 Å². The number of methoxy groups -OCH3 is 1. The topological polar surface area (TPSA) is 78.9 Å². The van der Waals surface area contributed by atoms with Gasteiger partial charge in [-0.25, -0.2) is 0 Å². The highest BCUT2D eigenvalue weighted by molar-refractivity contribution is 5.73. The fourth-order valence-corrected chi connectivity index (χ4v) is 2.26. The Morgan fingerprint density at radius 2 is 2.05 bits per heavy atom. The summed E-state index contributed by atoms with van der Waals surface area (Å²) in [6.45, 7) is -1.18. The summed E-state index contributed by atoms with van der Waals surface area (Å²) in [6, 6.07) is -0.603. The van der Waals surface area contributed by atoms with Crippen LogP contribution in [-0.4, -0.2) is 67.5 Å². The lowest BCUT2D eigenvalue weighted by atomic mass is 9.94. The molecule has 0 aromatic heterocycles. The summed E-state index contributed by atoms with van der Waals surface area (Å²) >= 11 is 0. The number of piperidine rings is 1. The van der Waals surface area contributed by atoms with Gasteiger partial charge in [-0.3, -0.25) is 14.5 Å². The zero-order valence-corrected chi connectivity index (χ0v) is 10.9. The fraction of sp³-hybridized carbons (Fsp3) is 0.818. The molecule has 0 radical (unpaired) electrons. The Bertz CT molecular complexity index is 362. The van der Waals surface area contributed by atoms with Gasteiger partial charge in [0.2, 0.25) is 0 Å². The van der Waals surface area contributed by atoms with E-state index in [2.05, 4.69) is 10.1 Å². The van der Waals surface area contributed by atoms with Crippen LogP contribution in [0.5, 0.6) is 0 Å². The van der Waals surface area contributed by atoms with Crippen molar-refractivity contribution < 1.29 is 32.6 Å². The Morgan fingerprint density at radius 1 is 1.40 bits per heavy atom. The van der Waals surface area contributed by atoms with E-state index in [4.69, 9.17) is 5.11 Å². The third-order valence-corrected chi connectivity index (χ3v) is 3.01. The van der Waals surface area contributed by atoms with Gasteiger partial charge in [0.25, 0.3) is 0 Å². The molecule has 116 valence electrons. The summed E-state index contributed by atoms with van der Waals surface area (Å²) in [7, 11) is 1.19. The second-order valence-electron chi connectivity index (χ2n) is 4.74. The quantitative estimate of drug-likeness (QED) is 0.700. The number of alkyl halides is 3. The molecule has 1 fully saturated rings. The number of likely N-dealkylation sites (tertiary alicyclic amines) is 1. The van der Waals surface area contributed by atoms with E-state index in [1.54, 1.807) is 0 Å². The van der Waals surface area contributed by atoms with Crippen molar-refractivity contribution in [3.05, 3.63) is 0 Å². The average Bonchev–Trinajstić information content (AvgIpc) is 2.33. The van der Waals surface area contributed by atoms with Crippen LogP contribution in [0.2, 0.25) is 0 Å². The minimum absolute atomic E-state index is 0.149. The van der Waals surface area contributed by atoms with E-state index in [0.29, 0.717) is 0 Å². The molecular formula is C11H17F3N2O4. The van der Waals surface area contributed by atoms with Gasteiger partial charge in [-0.15, -0.1) is 0 Å². The molecule has 20 heavy (non-hydrogen) atoms. The monoisotopic (exact) mass is 298 g/mol. The number of rotatable bonds is 5. The zero-order chi connectivity index (χ0) is 15.3. The predicted octanol–water partition coefficient (Wildman–Crippen LogP) is 0.0864. The Kier molecular flexibility index (Phi) is 5.75. The number of carbonyl (C=O) groups is 2. The molecule has 9 heteroatoms. The number of carbonyl (C=O) groups excluding carboxylic acids is 1. The van der Waals surface area contributed by atoms with Crippen LogP contribution >= 0.6 is 0 Å². The van der Waals surface area contributed by atoms with Crippen molar-refractivity contribution in [2.45, 2.75) is 18.6 Å². The van der Waals surface area contributed by atoms with Crippen molar-refractivity contribution in [3.8, 4) is 0 Å². The minimum Gasteiger partial charge on any atom is -0.480 e. The van der Waals surface area contributed by atoms with Gasteiger partial charge in [0.15, 0.2) is 0 Å². The summed E-state index contributed by atoms with van der Waals surface area (Å²) in [5.74, 6) is -2.26. The number of hydrogen-bond acceptors (Lipinski definition) is 5. The lowest BCUT2D eigenvalue weighted by Gasteiger charge is -2.36. The molecule has 0 bridgehead atoms. The molecule has 0 aromatic rings. The molecule has 1 aliphatic rings. The summed E-state index contributed by atoms with van der Waals surface area (Å²) in [4.78, 5) is 23.6. The number of nitrogens with one attached hydrogen (secondary N) is 1. The highest BCUT2D eigenvalue weighted by Gasteiger charge is 2.35. The molecule has 2 unspecified atom stereocenters. The number of halogens is 3. The first-order valence-electron chi connectivity index (χ1n) is 6.03. The van der Waals surface area contributed by atoms with Crippen LogP contribution in [0.1, 0.15) is 6.42 Å². The Hall–Kier alpha value is -1.35. The first-order valence-corrected chi connectivity index (χ1v) is 6.03. The summed E-state index contributed by atoms with van der Waals surface area (Å²) in [6.07, 6.45) is -4.16. The van der Waals surface area contributed by atoms with Gasteiger partial charge in [0.1, 0.15) is 0 Å². The molecule has 0 amide bonds. The highest BCUT2D eigenvalue weighted by Crippen LogP contribution is 2.20. The smallest absolute Gasteiger partial charge is 0.401 e. The van der Waals surface area contributed by atoms with Gasteiger partial charge < -0.3 is 15.2 Å². The molecule has 0 spiro atoms. The molecule has 1 saturated heterocycles. The highest BCUT2D eigenvalue weighted by atomic mass is 19.4. The van der Waals surface area contributed by atoms with E-state index < -0.39 is 36.6 Å². The van der Waals surface area contributed by atoms with Crippen molar-refractivity contribution in [1.29, 1.82) is 0 Å². The van der Waals surface area contributed by atoms with E-state index in [-0.39, 0.29) is 26.1 Å². The van der Waals surface area contributed by atoms with Gasteiger partial charge in [-0.05, 0) is 6.42 Å². The summed E-state index contributed by atoms with van der Waals surface area (Å²) < 4.78 is 41.1. The van der Waals surface area contributed by atoms with Crippen LogP contribution in [0, 0.1) is 5.92 Å². The van der Waals surface area contributed by atoms with Crippen LogP contribution in [0.3, 0.4) is 0 Å². The Morgan fingerprint density at radius 3 is 2.55 bits per heavy atom.